The summed E-state index contributed by atoms with van der Waals surface area (Å²) < 4.78 is 49.1. The van der Waals surface area contributed by atoms with Crippen molar-refractivity contribution in [2.24, 2.45) is 35.5 Å². The number of hydrogen-bond donors (Lipinski definition) is 1. The van der Waals surface area contributed by atoms with Gasteiger partial charge in [-0.2, -0.15) is 0 Å². The maximum atomic E-state index is 13.1. The van der Waals surface area contributed by atoms with E-state index in [4.69, 9.17) is 43.0 Å². The molecule has 0 aromatic heterocycles. The summed E-state index contributed by atoms with van der Waals surface area (Å²) in [5, 5.41) is 9.10. The maximum Gasteiger partial charge on any atom is 0.410 e. The van der Waals surface area contributed by atoms with Crippen molar-refractivity contribution in [2.75, 3.05) is 53.7 Å². The number of esters is 4. The predicted molar refractivity (Wildman–Crippen MR) is 297 cm³/mol. The number of amides is 2. The third-order valence-electron chi connectivity index (χ3n) is 13.9. The van der Waals surface area contributed by atoms with Crippen LogP contribution in [-0.2, 0) is 88.1 Å². The fourth-order valence-corrected chi connectivity index (χ4v) is 9.04. The SMILES string of the molecule is COC(=O)C1=CC(C)[C@@H](C)C([C@H](C)COC(C)=O)O1.COC(=O)[C@@]1(OCCN(Cc2ccccc2)C(=O)OCc2ccccc2)CC(C)[C@@H](C)C([C@H](C)COC(C)=O)O1.O=C(OCc1ccccc1)N(CCO)Cc1ccccc1. The fraction of sp³-hybridized carbons (Fsp3) is 0.484. The molecule has 1 N–H and O–H groups in total. The number of nitrogens with zero attached hydrogens (tertiary/aromatic N) is 2. The van der Waals surface area contributed by atoms with Gasteiger partial charge in [0.2, 0.25) is 5.76 Å². The predicted octanol–water partition coefficient (Wildman–Crippen LogP) is 9.70. The van der Waals surface area contributed by atoms with Crippen LogP contribution >= 0.6 is 0 Å². The minimum Gasteiger partial charge on any atom is -0.483 e. The Labute approximate surface area is 471 Å². The Kier molecular flexibility index (Phi) is 27.7. The van der Waals surface area contributed by atoms with Crippen molar-refractivity contribution in [3.63, 3.8) is 0 Å². The number of ether oxygens (including phenoxy) is 9. The third-order valence-corrected chi connectivity index (χ3v) is 13.9. The van der Waals surface area contributed by atoms with Crippen molar-refractivity contribution in [1.29, 1.82) is 0 Å². The van der Waals surface area contributed by atoms with E-state index in [0.29, 0.717) is 13.1 Å². The standard InChI is InChI=1S/C31H41NO8.C17H19NO3.C14H22O5/c1-22-18-31(29(34)36-5,40-28(24(22)3)23(2)20-37-25(4)33)39-17-16-32(19-26-12-8-6-9-13-26)30(35)38-21-27-14-10-7-11-15-27;19-12-11-18(13-15-7-3-1-4-8-15)17(20)21-14-16-9-5-2-6-10-16;1-8-6-12(14(16)17-5)19-13(10(8)3)9(2)7-18-11(4)15/h6-15,22-24,28H,16-21H2,1-5H3;1-10,19H,11-14H2;6,8-10,13H,7H2,1-5H3/t22?,23-,24-,28?,31-;;8?,9-,10-,13?/m1.1/s1. The first kappa shape index (κ1) is 65.2. The van der Waals surface area contributed by atoms with Crippen LogP contribution in [0.3, 0.4) is 0 Å². The Bertz CT molecular complexity index is 2530. The smallest absolute Gasteiger partial charge is 0.410 e. The van der Waals surface area contributed by atoms with Crippen LogP contribution in [0.4, 0.5) is 9.59 Å². The largest absolute Gasteiger partial charge is 0.483 e. The topological polar surface area (TPSA) is 212 Å². The van der Waals surface area contributed by atoms with Crippen molar-refractivity contribution in [3.05, 3.63) is 155 Å². The van der Waals surface area contributed by atoms with E-state index < -0.39 is 36.0 Å². The summed E-state index contributed by atoms with van der Waals surface area (Å²) in [6.07, 6.45) is 0.562. The van der Waals surface area contributed by atoms with E-state index in [-0.39, 0.29) is 118 Å². The molecule has 1 saturated heterocycles. The average molecular weight is 1110 g/mol. The van der Waals surface area contributed by atoms with Gasteiger partial charge in [0.05, 0.1) is 46.8 Å². The summed E-state index contributed by atoms with van der Waals surface area (Å²) in [6.45, 7) is 16.6. The van der Waals surface area contributed by atoms with Gasteiger partial charge in [0, 0.05) is 58.3 Å². The average Bonchev–Trinajstić information content (AvgIpc) is 3.46. The minimum absolute atomic E-state index is 0.00845. The maximum absolute atomic E-state index is 13.1. The summed E-state index contributed by atoms with van der Waals surface area (Å²) in [6, 6.07) is 38.2. The lowest BCUT2D eigenvalue weighted by Crippen LogP contribution is -2.57. The van der Waals surface area contributed by atoms with E-state index in [0.717, 1.165) is 22.3 Å². The lowest BCUT2D eigenvalue weighted by Gasteiger charge is -2.46. The van der Waals surface area contributed by atoms with E-state index in [1.807, 2.05) is 156 Å². The molecule has 2 aliphatic rings. The molecule has 18 nitrogen and oxygen atoms in total. The number of benzene rings is 4. The lowest BCUT2D eigenvalue weighted by atomic mass is 9.78. The first-order chi connectivity index (χ1) is 38.3. The van der Waals surface area contributed by atoms with Gasteiger partial charge in [0.15, 0.2) is 0 Å². The van der Waals surface area contributed by atoms with E-state index in [9.17, 15) is 28.8 Å². The van der Waals surface area contributed by atoms with Gasteiger partial charge < -0.3 is 57.5 Å². The molecule has 9 atom stereocenters. The number of rotatable bonds is 22. The highest BCUT2D eigenvalue weighted by Crippen LogP contribution is 2.41. The second kappa shape index (κ2) is 34.0. The van der Waals surface area contributed by atoms with Crippen LogP contribution in [0.5, 0.6) is 0 Å². The number of allylic oxidation sites excluding steroid dienone is 1. The Morgan fingerprint density at radius 3 is 1.46 bits per heavy atom. The van der Waals surface area contributed by atoms with E-state index >= 15 is 0 Å². The molecule has 2 heterocycles. The van der Waals surface area contributed by atoms with E-state index in [1.54, 1.807) is 11.0 Å². The van der Waals surface area contributed by atoms with Crippen molar-refractivity contribution in [1.82, 2.24) is 9.80 Å². The van der Waals surface area contributed by atoms with Crippen LogP contribution in [-0.4, -0.2) is 123 Å². The summed E-state index contributed by atoms with van der Waals surface area (Å²) in [7, 11) is 2.62. The molecule has 4 unspecified atom stereocenters. The molecule has 0 saturated carbocycles. The zero-order chi connectivity index (χ0) is 58.6. The molecule has 2 aliphatic heterocycles. The normalized spacial score (nSPS) is 20.8. The number of hydrogen-bond acceptors (Lipinski definition) is 16. The van der Waals surface area contributed by atoms with Gasteiger partial charge in [0.1, 0.15) is 19.3 Å². The number of aliphatic hydroxyl groups excluding tert-OH is 1. The van der Waals surface area contributed by atoms with Crippen molar-refractivity contribution in [2.45, 2.75) is 106 Å². The summed E-state index contributed by atoms with van der Waals surface area (Å²) >= 11 is 0. The fourth-order valence-electron chi connectivity index (χ4n) is 9.04. The molecular weight excluding hydrogens is 1030 g/mol. The molecule has 6 rings (SSSR count). The van der Waals surface area contributed by atoms with E-state index in [1.165, 1.54) is 33.0 Å². The van der Waals surface area contributed by atoms with Crippen LogP contribution < -0.4 is 0 Å². The van der Waals surface area contributed by atoms with Gasteiger partial charge in [-0.3, -0.25) is 9.59 Å². The second-order valence-corrected chi connectivity index (χ2v) is 20.2. The first-order valence-electron chi connectivity index (χ1n) is 27.0. The Morgan fingerprint density at radius 2 is 1.04 bits per heavy atom. The molecule has 4 aromatic carbocycles. The number of carbonyl (C=O) groups excluding carboxylic acids is 6. The molecule has 18 heteroatoms. The van der Waals surface area contributed by atoms with Crippen molar-refractivity contribution < 1.29 is 76.5 Å². The summed E-state index contributed by atoms with van der Waals surface area (Å²) in [4.78, 5) is 75.1. The molecule has 1 fully saturated rings. The zero-order valence-electron chi connectivity index (χ0n) is 48.0. The van der Waals surface area contributed by atoms with Crippen LogP contribution in [0, 0.1) is 35.5 Å². The van der Waals surface area contributed by atoms with Gasteiger partial charge in [-0.15, -0.1) is 0 Å². The number of carbonyl (C=O) groups is 6. The molecule has 0 aliphatic carbocycles. The Balaban J connectivity index is 0.000000288. The number of aliphatic hydroxyl groups is 1. The molecule has 4 aromatic rings. The highest BCUT2D eigenvalue weighted by atomic mass is 16.7. The molecular formula is C62H82N2O16. The highest BCUT2D eigenvalue weighted by Gasteiger charge is 2.52. The van der Waals surface area contributed by atoms with Gasteiger partial charge in [-0.25, -0.2) is 19.2 Å². The molecule has 0 spiro atoms. The molecule has 2 amide bonds. The van der Waals surface area contributed by atoms with Crippen LogP contribution in [0.2, 0.25) is 0 Å². The zero-order valence-corrected chi connectivity index (χ0v) is 48.0. The molecule has 0 radical (unpaired) electrons. The quantitative estimate of drug-likeness (QED) is 0.0573. The molecule has 80 heavy (non-hydrogen) atoms. The Hall–Kier alpha value is -7.28. The highest BCUT2D eigenvalue weighted by molar-refractivity contribution is 5.86. The second-order valence-electron chi connectivity index (χ2n) is 20.2. The van der Waals surface area contributed by atoms with Gasteiger partial charge in [0.25, 0.3) is 5.79 Å². The van der Waals surface area contributed by atoms with Crippen LogP contribution in [0.25, 0.3) is 0 Å². The van der Waals surface area contributed by atoms with E-state index in [2.05, 4.69) is 11.7 Å². The van der Waals surface area contributed by atoms with Crippen molar-refractivity contribution in [3.8, 4) is 0 Å². The van der Waals surface area contributed by atoms with Crippen LogP contribution in [0.1, 0.15) is 84.1 Å². The monoisotopic (exact) mass is 1110 g/mol. The van der Waals surface area contributed by atoms with Crippen LogP contribution in [0.15, 0.2) is 133 Å². The van der Waals surface area contributed by atoms with Gasteiger partial charge >= 0.3 is 36.1 Å². The molecule has 436 valence electrons. The molecule has 0 bridgehead atoms. The van der Waals surface area contributed by atoms with Gasteiger partial charge in [-0.05, 0) is 52.0 Å². The third kappa shape index (κ3) is 21.4. The summed E-state index contributed by atoms with van der Waals surface area (Å²) in [5.41, 5.74) is 3.75. The Morgan fingerprint density at radius 1 is 0.600 bits per heavy atom. The summed E-state index contributed by atoms with van der Waals surface area (Å²) in [5.74, 6) is -2.82. The lowest BCUT2D eigenvalue weighted by molar-refractivity contribution is -0.303. The number of methoxy groups -OCH3 is 2. The van der Waals surface area contributed by atoms with Crippen molar-refractivity contribution >= 4 is 36.1 Å². The van der Waals surface area contributed by atoms with Gasteiger partial charge in [-0.1, -0.05) is 163 Å². The first-order valence-corrected chi connectivity index (χ1v) is 27.0. The minimum atomic E-state index is -1.65.